The molecule has 0 spiro atoms. The number of aromatic nitrogens is 2. The van der Waals surface area contributed by atoms with E-state index in [2.05, 4.69) is 92.0 Å². The van der Waals surface area contributed by atoms with Gasteiger partial charge in [-0.2, -0.15) is 0 Å². The molecule has 0 atom stereocenters. The molecule has 0 N–H and O–H groups in total. The molecule has 0 unspecified atom stereocenters. The Bertz CT molecular complexity index is 2070. The van der Waals surface area contributed by atoms with E-state index in [1.54, 1.807) is 12.1 Å². The Morgan fingerprint density at radius 1 is 0.717 bits per heavy atom. The van der Waals surface area contributed by atoms with Gasteiger partial charge in [-0.05, 0) is 64.0 Å². The number of nitrogens with zero attached hydrogens (tertiary/aromatic N) is 2. The van der Waals surface area contributed by atoms with Crippen molar-refractivity contribution in [2.45, 2.75) is 39.4 Å². The Hall–Kier alpha value is -4.22. The molecule has 3 nitrogen and oxygen atoms in total. The van der Waals surface area contributed by atoms with Crippen molar-refractivity contribution >= 4 is 35.2 Å². The predicted molar refractivity (Wildman–Crippen MR) is 187 cm³/mol. The van der Waals surface area contributed by atoms with Crippen molar-refractivity contribution in [2.24, 2.45) is 0 Å². The minimum atomic E-state index is -1.23. The van der Waals surface area contributed by atoms with E-state index < -0.39 is 8.07 Å². The summed E-state index contributed by atoms with van der Waals surface area (Å²) < 4.78 is 19.3. The van der Waals surface area contributed by atoms with Crippen LogP contribution in [0.1, 0.15) is 25.3 Å². The minimum Gasteiger partial charge on any atom is -0.500 e. The van der Waals surface area contributed by atoms with Gasteiger partial charge in [0.25, 0.3) is 0 Å². The Balaban J connectivity index is 0.000000209. The summed E-state index contributed by atoms with van der Waals surface area (Å²) in [5, 5.41) is 3.44. The summed E-state index contributed by atoms with van der Waals surface area (Å²) in [5.41, 5.74) is 8.76. The molecule has 7 rings (SSSR count). The molecular weight excluding hydrogens is 764 g/mol. The monoisotopic (exact) mass is 799 g/mol. The second kappa shape index (κ2) is 14.0. The topological polar surface area (TPSA) is 38.9 Å². The van der Waals surface area contributed by atoms with Gasteiger partial charge in [0.15, 0.2) is 0 Å². The van der Waals surface area contributed by atoms with Crippen LogP contribution < -0.4 is 5.19 Å². The molecule has 0 bridgehead atoms. The summed E-state index contributed by atoms with van der Waals surface area (Å²) in [5.74, 6) is 0.202. The second-order valence-electron chi connectivity index (χ2n) is 12.5. The van der Waals surface area contributed by atoms with E-state index in [1.165, 1.54) is 22.9 Å². The van der Waals surface area contributed by atoms with E-state index in [0.717, 1.165) is 55.6 Å². The second-order valence-corrected chi connectivity index (χ2v) is 17.6. The van der Waals surface area contributed by atoms with Gasteiger partial charge >= 0.3 is 0 Å². The molecule has 0 aliphatic carbocycles. The maximum absolute atomic E-state index is 13.3. The van der Waals surface area contributed by atoms with E-state index in [0.29, 0.717) is 5.92 Å². The third-order valence-corrected chi connectivity index (χ3v) is 9.95. The van der Waals surface area contributed by atoms with Crippen molar-refractivity contribution in [1.82, 2.24) is 9.97 Å². The van der Waals surface area contributed by atoms with Crippen LogP contribution >= 0.6 is 0 Å². The number of rotatable bonds is 5. The van der Waals surface area contributed by atoms with Crippen molar-refractivity contribution in [3.05, 3.63) is 139 Å². The summed E-state index contributed by atoms with van der Waals surface area (Å²) in [6.07, 6.45) is 3.87. The largest absolute Gasteiger partial charge is 0.500 e. The summed E-state index contributed by atoms with van der Waals surface area (Å²) in [6, 6.07) is 39.5. The van der Waals surface area contributed by atoms with Gasteiger partial charge in [0.2, 0.25) is 0 Å². The van der Waals surface area contributed by atoms with Crippen LogP contribution in [-0.4, -0.2) is 18.0 Å². The van der Waals surface area contributed by atoms with Crippen molar-refractivity contribution in [2.75, 3.05) is 0 Å². The van der Waals surface area contributed by atoms with Crippen molar-refractivity contribution in [1.29, 1.82) is 0 Å². The summed E-state index contributed by atoms with van der Waals surface area (Å²) in [6.45, 7) is 11.3. The molecule has 0 aliphatic rings. The molecule has 4 aromatic carbocycles. The van der Waals surface area contributed by atoms with Crippen LogP contribution in [-0.2, 0) is 20.1 Å². The van der Waals surface area contributed by atoms with E-state index >= 15 is 0 Å². The first kappa shape index (κ1) is 33.1. The van der Waals surface area contributed by atoms with E-state index in [4.69, 9.17) is 4.42 Å². The van der Waals surface area contributed by atoms with Gasteiger partial charge in [0, 0.05) is 37.9 Å². The van der Waals surface area contributed by atoms with Crippen LogP contribution in [0.25, 0.3) is 55.6 Å². The van der Waals surface area contributed by atoms with Gasteiger partial charge in [-0.25, -0.2) is 4.39 Å². The number of hydrogen-bond acceptors (Lipinski definition) is 3. The summed E-state index contributed by atoms with van der Waals surface area (Å²) >= 11 is 0. The molecule has 233 valence electrons. The molecule has 0 aliphatic heterocycles. The quantitative estimate of drug-likeness (QED) is 0.129. The molecule has 0 saturated carbocycles. The third-order valence-electron chi connectivity index (χ3n) is 7.92. The number of furan rings is 1. The zero-order chi connectivity index (χ0) is 31.6. The maximum atomic E-state index is 13.3. The SMILES string of the molecule is CC(C)c1ccnc(-c2[c-]cc3oc4ccc(-c5ccc(F)cc5)cc4c3c2)c1.C[Si](C)(C)c1ccc(-c2[c-]cccc2)nc1.[Ir]. The normalized spacial score (nSPS) is 11.3. The molecule has 0 amide bonds. The van der Waals surface area contributed by atoms with Crippen LogP contribution in [0.5, 0.6) is 0 Å². The molecule has 46 heavy (non-hydrogen) atoms. The van der Waals surface area contributed by atoms with Gasteiger partial charge in [-0.3, -0.25) is 0 Å². The zero-order valence-electron chi connectivity index (χ0n) is 26.6. The van der Waals surface area contributed by atoms with Gasteiger partial charge in [-0.15, -0.1) is 59.7 Å². The molecule has 7 aromatic rings. The summed E-state index contributed by atoms with van der Waals surface area (Å²) in [7, 11) is -1.23. The van der Waals surface area contributed by atoms with Crippen molar-refractivity contribution in [3.8, 4) is 33.6 Å². The molecule has 0 saturated heterocycles. The first-order valence-electron chi connectivity index (χ1n) is 15.2. The number of pyridine rings is 2. The van der Waals surface area contributed by atoms with Gasteiger partial charge in [0.05, 0.1) is 13.7 Å². The van der Waals surface area contributed by atoms with E-state index in [-0.39, 0.29) is 25.9 Å². The van der Waals surface area contributed by atoms with Gasteiger partial charge in [-0.1, -0.05) is 80.8 Å². The standard InChI is InChI=1S/C26H19FNO.C14H16NSi.Ir/c1-16(2)18-11-12-28-24(15-18)20-6-10-26-23(14-20)22-13-19(5-9-25(22)29-26)17-3-7-21(27)8-4-17;1-16(2,3)13-9-10-14(15-11-13)12-7-5-4-6-8-12;/h3-5,7-16H,1-2H3;4-7,9-11H,1-3H3;/q2*-1;. The van der Waals surface area contributed by atoms with Crippen molar-refractivity contribution in [3.63, 3.8) is 0 Å². The zero-order valence-corrected chi connectivity index (χ0v) is 30.0. The van der Waals surface area contributed by atoms with Crippen LogP contribution in [0.2, 0.25) is 19.6 Å². The smallest absolute Gasteiger partial charge is 0.123 e. The van der Waals surface area contributed by atoms with E-state index in [9.17, 15) is 4.39 Å². The molecule has 3 aromatic heterocycles. The molecular formula is C40H35FIrN2OSi-2. The van der Waals surface area contributed by atoms with Gasteiger partial charge < -0.3 is 14.4 Å². The van der Waals surface area contributed by atoms with Gasteiger partial charge in [0.1, 0.15) is 11.4 Å². The molecule has 6 heteroatoms. The van der Waals surface area contributed by atoms with E-state index in [1.807, 2.05) is 54.9 Å². The maximum Gasteiger partial charge on any atom is 0.123 e. The average Bonchev–Trinajstić information content (AvgIpc) is 3.43. The number of fused-ring (bicyclic) bond motifs is 3. The minimum absolute atomic E-state index is 0. The van der Waals surface area contributed by atoms with Crippen molar-refractivity contribution < 1.29 is 28.9 Å². The van der Waals surface area contributed by atoms with Crippen LogP contribution in [0, 0.1) is 17.9 Å². The number of benzene rings is 4. The Morgan fingerprint density at radius 2 is 1.48 bits per heavy atom. The fraction of sp³-hybridized carbons (Fsp3) is 0.150. The summed E-state index contributed by atoms with van der Waals surface area (Å²) in [4.78, 5) is 9.06. The number of halogens is 1. The Labute approximate surface area is 284 Å². The Morgan fingerprint density at radius 3 is 2.15 bits per heavy atom. The molecule has 1 radical (unpaired) electrons. The average molecular weight is 799 g/mol. The molecule has 0 fully saturated rings. The third kappa shape index (κ3) is 7.42. The first-order valence-corrected chi connectivity index (χ1v) is 18.7. The predicted octanol–water partition coefficient (Wildman–Crippen LogP) is 10.5. The molecule has 3 heterocycles. The van der Waals surface area contributed by atoms with Crippen LogP contribution in [0.4, 0.5) is 4.39 Å². The first-order chi connectivity index (χ1) is 21.7. The van der Waals surface area contributed by atoms with Crippen LogP contribution in [0.15, 0.2) is 120 Å². The fourth-order valence-electron chi connectivity index (χ4n) is 5.19. The van der Waals surface area contributed by atoms with Crippen LogP contribution in [0.3, 0.4) is 0 Å². The number of hydrogen-bond donors (Lipinski definition) is 0. The Kier molecular flexibility index (Phi) is 10.1. The fourth-order valence-corrected chi connectivity index (χ4v) is 6.23.